The normalized spacial score (nSPS) is 11.8. The van der Waals surface area contributed by atoms with Gasteiger partial charge in [0, 0.05) is 0 Å². The molecule has 0 aliphatic carbocycles. The van der Waals surface area contributed by atoms with Gasteiger partial charge in [0.05, 0.1) is 0 Å². The second-order valence-electron chi connectivity index (χ2n) is 2.62. The van der Waals surface area contributed by atoms with Gasteiger partial charge in [-0.1, -0.05) is 16.0 Å². The first-order chi connectivity index (χ1) is 6.68. The van der Waals surface area contributed by atoms with Gasteiger partial charge in [-0.05, 0) is 12.1 Å². The summed E-state index contributed by atoms with van der Waals surface area (Å²) in [6.45, 7) is -5.27. The zero-order chi connectivity index (χ0) is 11.7. The molecule has 3 nitrogen and oxygen atoms in total. The van der Waals surface area contributed by atoms with Gasteiger partial charge in [-0.3, -0.25) is 0 Å². The van der Waals surface area contributed by atoms with Crippen LogP contribution in [0.2, 0.25) is 0 Å². The maximum Gasteiger partial charge on any atom is 1.00 e. The Bertz CT molecular complexity index is 461. The molecule has 84 valence electrons. The van der Waals surface area contributed by atoms with E-state index in [9.17, 15) is 25.3 Å². The van der Waals surface area contributed by atoms with Crippen LogP contribution in [0.3, 0.4) is 0 Å². The molecule has 0 radical (unpaired) electrons. The van der Waals surface area contributed by atoms with Gasteiger partial charge in [-0.15, -0.1) is 5.46 Å². The second-order valence-corrected chi connectivity index (χ2v) is 3.58. The summed E-state index contributed by atoms with van der Waals surface area (Å²) < 4.78 is 72.1. The molecule has 1 rings (SSSR count). The van der Waals surface area contributed by atoms with Gasteiger partial charge in [-0.2, -0.15) is 8.42 Å². The summed E-state index contributed by atoms with van der Waals surface area (Å²) >= 11 is 0. The number of hydrogen-bond acceptors (Lipinski definition) is 3. The third-order valence-electron chi connectivity index (χ3n) is 1.43. The van der Waals surface area contributed by atoms with Crippen molar-refractivity contribution >= 4 is 22.9 Å². The second kappa shape index (κ2) is 5.83. The SMILES string of the molecule is O=S(=O)(F)Oc1cccc([B-](F)(F)F)c1.[K+]. The van der Waals surface area contributed by atoms with E-state index in [1.807, 2.05) is 0 Å². The standard InChI is InChI=1S/C6H4BF4O3S.K/c8-7(9,10)5-2-1-3-6(4-5)14-15(11,12)13;/h1-4H;/q-1;+1. The Morgan fingerprint density at radius 1 is 1.19 bits per heavy atom. The molecule has 0 heterocycles. The van der Waals surface area contributed by atoms with Crippen LogP contribution in [0.5, 0.6) is 5.75 Å². The van der Waals surface area contributed by atoms with Crippen LogP contribution in [0.15, 0.2) is 24.3 Å². The van der Waals surface area contributed by atoms with Gasteiger partial charge in [0.15, 0.2) is 0 Å². The zero-order valence-electron chi connectivity index (χ0n) is 8.03. The molecule has 0 amide bonds. The van der Waals surface area contributed by atoms with E-state index in [0.717, 1.165) is 18.2 Å². The molecular weight excluding hydrogens is 278 g/mol. The van der Waals surface area contributed by atoms with Crippen molar-refractivity contribution < 1.29 is 80.8 Å². The van der Waals surface area contributed by atoms with Crippen LogP contribution in [0.1, 0.15) is 0 Å². The monoisotopic (exact) mass is 282 g/mol. The maximum absolute atomic E-state index is 12.2. The molecule has 0 N–H and O–H groups in total. The third kappa shape index (κ3) is 5.64. The van der Waals surface area contributed by atoms with Crippen molar-refractivity contribution in [3.63, 3.8) is 0 Å². The molecule has 0 spiro atoms. The van der Waals surface area contributed by atoms with E-state index in [-0.39, 0.29) is 51.4 Å². The van der Waals surface area contributed by atoms with Crippen molar-refractivity contribution in [2.24, 2.45) is 0 Å². The van der Waals surface area contributed by atoms with Crippen molar-refractivity contribution in [3.05, 3.63) is 24.3 Å². The van der Waals surface area contributed by atoms with E-state index in [2.05, 4.69) is 4.18 Å². The first-order valence-corrected chi connectivity index (χ1v) is 4.93. The summed E-state index contributed by atoms with van der Waals surface area (Å²) in [7, 11) is -5.30. The van der Waals surface area contributed by atoms with E-state index in [1.165, 1.54) is 0 Å². The third-order valence-corrected chi connectivity index (χ3v) is 1.82. The molecule has 0 aliphatic rings. The van der Waals surface area contributed by atoms with Gasteiger partial charge < -0.3 is 17.1 Å². The summed E-state index contributed by atoms with van der Waals surface area (Å²) in [6, 6.07) is 2.97. The minimum Gasteiger partial charge on any atom is -0.445 e. The fourth-order valence-electron chi connectivity index (χ4n) is 0.885. The van der Waals surface area contributed by atoms with Crippen LogP contribution in [0.25, 0.3) is 0 Å². The molecule has 0 atom stereocenters. The summed E-state index contributed by atoms with van der Waals surface area (Å²) in [5.41, 5.74) is -1.06. The molecule has 16 heavy (non-hydrogen) atoms. The molecule has 0 aromatic heterocycles. The van der Waals surface area contributed by atoms with E-state index in [1.54, 1.807) is 0 Å². The minimum absolute atomic E-state index is 0. The molecule has 0 saturated carbocycles. The first kappa shape index (κ1) is 16.4. The molecule has 0 bridgehead atoms. The molecule has 10 heteroatoms. The fourth-order valence-corrected chi connectivity index (χ4v) is 1.22. The maximum atomic E-state index is 12.2. The van der Waals surface area contributed by atoms with Crippen LogP contribution in [-0.2, 0) is 10.5 Å². The molecule has 1 aromatic rings. The van der Waals surface area contributed by atoms with E-state index < -0.39 is 28.7 Å². The van der Waals surface area contributed by atoms with Crippen LogP contribution in [-0.4, -0.2) is 15.4 Å². The van der Waals surface area contributed by atoms with E-state index >= 15 is 0 Å². The molecular formula is C6H4BF4KO3S. The van der Waals surface area contributed by atoms with Gasteiger partial charge in [-0.25, -0.2) is 0 Å². The average Bonchev–Trinajstić information content (AvgIpc) is 1.99. The Morgan fingerprint density at radius 2 is 1.75 bits per heavy atom. The van der Waals surface area contributed by atoms with Crippen molar-refractivity contribution in [2.45, 2.75) is 0 Å². The largest absolute Gasteiger partial charge is 1.00 e. The first-order valence-electron chi connectivity index (χ1n) is 3.62. The zero-order valence-corrected chi connectivity index (χ0v) is 12.0. The minimum atomic E-state index is -5.30. The van der Waals surface area contributed by atoms with Crippen LogP contribution >= 0.6 is 0 Å². The molecule has 0 unspecified atom stereocenters. The smallest absolute Gasteiger partial charge is 0.445 e. The summed E-state index contributed by atoms with van der Waals surface area (Å²) in [5, 5.41) is 0. The van der Waals surface area contributed by atoms with Gasteiger partial charge >= 0.3 is 68.9 Å². The Kier molecular flexibility index (Phi) is 5.97. The van der Waals surface area contributed by atoms with Crippen LogP contribution in [0.4, 0.5) is 16.8 Å². The van der Waals surface area contributed by atoms with Gasteiger partial charge in [0.2, 0.25) is 0 Å². The Balaban J connectivity index is 0.00000225. The molecule has 0 aliphatic heterocycles. The van der Waals surface area contributed by atoms with E-state index in [4.69, 9.17) is 0 Å². The predicted octanol–water partition coefficient (Wildman–Crippen LogP) is -1.66. The van der Waals surface area contributed by atoms with Crippen molar-refractivity contribution in [2.75, 3.05) is 0 Å². The molecule has 1 aromatic carbocycles. The van der Waals surface area contributed by atoms with Crippen molar-refractivity contribution in [1.82, 2.24) is 0 Å². The van der Waals surface area contributed by atoms with Gasteiger partial charge in [0.25, 0.3) is 0 Å². The number of hydrogen-bond donors (Lipinski definition) is 0. The fraction of sp³-hybridized carbons (Fsp3) is 0. The topological polar surface area (TPSA) is 43.4 Å². The average molecular weight is 282 g/mol. The van der Waals surface area contributed by atoms with Crippen molar-refractivity contribution in [3.8, 4) is 5.75 Å². The van der Waals surface area contributed by atoms with Crippen LogP contribution < -0.4 is 61.0 Å². The van der Waals surface area contributed by atoms with Crippen LogP contribution in [0, 0.1) is 0 Å². The Hall–Kier alpha value is 0.391. The molecule has 0 saturated heterocycles. The summed E-state index contributed by atoms with van der Waals surface area (Å²) in [5.74, 6) is -0.714. The van der Waals surface area contributed by atoms with E-state index in [0.29, 0.717) is 6.07 Å². The summed E-state index contributed by atoms with van der Waals surface area (Å²) in [4.78, 5) is 0. The number of benzene rings is 1. The number of halogens is 4. The Labute approximate surface area is 132 Å². The predicted molar refractivity (Wildman–Crippen MR) is 45.8 cm³/mol. The summed E-state index contributed by atoms with van der Waals surface area (Å²) in [6.07, 6.45) is 0. The van der Waals surface area contributed by atoms with Crippen molar-refractivity contribution in [1.29, 1.82) is 0 Å². The van der Waals surface area contributed by atoms with Gasteiger partial charge in [0.1, 0.15) is 5.75 Å². The quantitative estimate of drug-likeness (QED) is 0.378. The molecule has 0 fully saturated rings. The number of rotatable bonds is 3. The Morgan fingerprint density at radius 3 is 2.19 bits per heavy atom.